The average Bonchev–Trinajstić information content (AvgIpc) is 2.81. The van der Waals surface area contributed by atoms with Crippen LogP contribution in [0.25, 0.3) is 0 Å². The fraction of sp³-hybridized carbons (Fsp3) is 0.154. The Kier molecular flexibility index (Phi) is 3.43. The maximum Gasteiger partial charge on any atom is 0.291 e. The molecule has 1 heterocycles. The highest BCUT2D eigenvalue weighted by molar-refractivity contribution is 6.02. The smallest absolute Gasteiger partial charge is 0.291 e. The van der Waals surface area contributed by atoms with Crippen molar-refractivity contribution < 1.29 is 13.6 Å². The van der Waals surface area contributed by atoms with E-state index in [1.165, 1.54) is 18.2 Å². The molecule has 94 valence electrons. The monoisotopic (exact) mass is 248 g/mol. The van der Waals surface area contributed by atoms with Gasteiger partial charge in [-0.2, -0.15) is 0 Å². The van der Waals surface area contributed by atoms with Crippen LogP contribution >= 0.6 is 0 Å². The molecule has 0 aliphatic carbocycles. The van der Waals surface area contributed by atoms with Gasteiger partial charge in [-0.15, -0.1) is 0 Å². The molecule has 0 aliphatic heterocycles. The second-order valence-corrected chi connectivity index (χ2v) is 3.91. The fourth-order valence-corrected chi connectivity index (χ4v) is 1.52. The molecule has 4 nitrogen and oxygen atoms in total. The lowest BCUT2D eigenvalue weighted by Crippen LogP contribution is -2.12. The van der Waals surface area contributed by atoms with Gasteiger partial charge in [-0.3, -0.25) is 4.79 Å². The fourth-order valence-electron chi connectivity index (χ4n) is 1.52. The van der Waals surface area contributed by atoms with Crippen LogP contribution in [0.4, 0.5) is 10.1 Å². The molecule has 0 radical (unpaired) electrons. The summed E-state index contributed by atoms with van der Waals surface area (Å²) in [5.41, 5.74) is 6.28. The minimum absolute atomic E-state index is 0.107. The molecular formula is C13H13FN2O2. The van der Waals surface area contributed by atoms with Crippen LogP contribution in [0.1, 0.15) is 21.9 Å². The first kappa shape index (κ1) is 12.3. The lowest BCUT2D eigenvalue weighted by molar-refractivity contribution is 0.0994. The first-order valence-electron chi connectivity index (χ1n) is 5.46. The Hall–Kier alpha value is -2.14. The maximum absolute atomic E-state index is 13.5. The summed E-state index contributed by atoms with van der Waals surface area (Å²) >= 11 is 0. The zero-order chi connectivity index (χ0) is 13.1. The van der Waals surface area contributed by atoms with Gasteiger partial charge in [0, 0.05) is 0 Å². The quantitative estimate of drug-likeness (QED) is 0.876. The van der Waals surface area contributed by atoms with Crippen molar-refractivity contribution in [3.8, 4) is 0 Å². The van der Waals surface area contributed by atoms with Gasteiger partial charge in [-0.05, 0) is 36.8 Å². The van der Waals surface area contributed by atoms with Crippen LogP contribution in [0.2, 0.25) is 0 Å². The molecule has 0 fully saturated rings. The number of nitrogens with two attached hydrogens (primary N) is 1. The van der Waals surface area contributed by atoms with E-state index < -0.39 is 11.7 Å². The van der Waals surface area contributed by atoms with Crippen LogP contribution in [0.5, 0.6) is 0 Å². The van der Waals surface area contributed by atoms with E-state index in [-0.39, 0.29) is 18.0 Å². The molecule has 0 saturated heterocycles. The number of aryl methyl sites for hydroxylation is 1. The van der Waals surface area contributed by atoms with Crippen molar-refractivity contribution in [1.82, 2.24) is 0 Å². The summed E-state index contributed by atoms with van der Waals surface area (Å²) in [7, 11) is 0. The Morgan fingerprint density at radius 2 is 2.17 bits per heavy atom. The van der Waals surface area contributed by atoms with E-state index in [0.29, 0.717) is 5.76 Å². The highest BCUT2D eigenvalue weighted by Crippen LogP contribution is 2.17. The van der Waals surface area contributed by atoms with Crippen LogP contribution in [0.15, 0.2) is 34.7 Å². The van der Waals surface area contributed by atoms with Crippen LogP contribution < -0.4 is 11.1 Å². The van der Waals surface area contributed by atoms with E-state index in [1.54, 1.807) is 19.1 Å². The van der Waals surface area contributed by atoms with E-state index >= 15 is 0 Å². The summed E-state index contributed by atoms with van der Waals surface area (Å²) in [6.45, 7) is 1.99. The summed E-state index contributed by atoms with van der Waals surface area (Å²) in [5.74, 6) is -0.369. The standard InChI is InChI=1S/C13H13FN2O2/c1-8-2-4-11(10(14)6-8)16-13(17)12-5-3-9(7-15)18-12/h2-6H,7,15H2,1H3,(H,16,17). The summed E-state index contributed by atoms with van der Waals surface area (Å²) in [5, 5.41) is 2.44. The molecule has 3 N–H and O–H groups in total. The third-order valence-electron chi connectivity index (χ3n) is 2.46. The van der Waals surface area contributed by atoms with Gasteiger partial charge in [0.25, 0.3) is 5.91 Å². The van der Waals surface area contributed by atoms with Crippen molar-refractivity contribution in [3.05, 3.63) is 53.2 Å². The normalized spacial score (nSPS) is 10.4. The number of anilines is 1. The molecule has 2 rings (SSSR count). The molecule has 18 heavy (non-hydrogen) atoms. The van der Waals surface area contributed by atoms with Gasteiger partial charge in [0.05, 0.1) is 12.2 Å². The Balaban J connectivity index is 2.16. The number of amides is 1. The predicted octanol–water partition coefficient (Wildman–Crippen LogP) is 2.44. The van der Waals surface area contributed by atoms with Gasteiger partial charge in [-0.25, -0.2) is 4.39 Å². The third-order valence-corrected chi connectivity index (χ3v) is 2.46. The minimum atomic E-state index is -0.502. The van der Waals surface area contributed by atoms with Crippen molar-refractivity contribution in [2.45, 2.75) is 13.5 Å². The number of halogens is 1. The SMILES string of the molecule is Cc1ccc(NC(=O)c2ccc(CN)o2)c(F)c1. The van der Waals surface area contributed by atoms with E-state index in [4.69, 9.17) is 10.2 Å². The van der Waals surface area contributed by atoms with E-state index in [1.807, 2.05) is 0 Å². The van der Waals surface area contributed by atoms with Gasteiger partial charge in [0.15, 0.2) is 5.76 Å². The summed E-state index contributed by atoms with van der Waals surface area (Å²) < 4.78 is 18.7. The van der Waals surface area contributed by atoms with Crippen molar-refractivity contribution >= 4 is 11.6 Å². The number of nitrogens with one attached hydrogen (secondary N) is 1. The highest BCUT2D eigenvalue weighted by Gasteiger charge is 2.13. The number of hydrogen-bond donors (Lipinski definition) is 2. The minimum Gasteiger partial charge on any atom is -0.455 e. The first-order valence-corrected chi connectivity index (χ1v) is 5.46. The Bertz CT molecular complexity index is 578. The molecule has 0 unspecified atom stereocenters. The first-order chi connectivity index (χ1) is 8.60. The average molecular weight is 248 g/mol. The second kappa shape index (κ2) is 5.01. The lowest BCUT2D eigenvalue weighted by Gasteiger charge is -2.05. The van der Waals surface area contributed by atoms with E-state index in [0.717, 1.165) is 5.56 Å². The molecule has 5 heteroatoms. The summed E-state index contributed by atoms with van der Waals surface area (Å²) in [6.07, 6.45) is 0. The molecule has 1 amide bonds. The number of carbonyl (C=O) groups is 1. The van der Waals surface area contributed by atoms with Gasteiger partial charge < -0.3 is 15.5 Å². The number of benzene rings is 1. The number of hydrogen-bond acceptors (Lipinski definition) is 3. The topological polar surface area (TPSA) is 68.3 Å². The van der Waals surface area contributed by atoms with Crippen LogP contribution in [0, 0.1) is 12.7 Å². The van der Waals surface area contributed by atoms with Crippen LogP contribution in [-0.2, 0) is 6.54 Å². The molecule has 0 atom stereocenters. The van der Waals surface area contributed by atoms with Crippen molar-refractivity contribution in [2.75, 3.05) is 5.32 Å². The largest absolute Gasteiger partial charge is 0.455 e. The van der Waals surface area contributed by atoms with Gasteiger partial charge in [0.2, 0.25) is 0 Å². The Morgan fingerprint density at radius 1 is 1.39 bits per heavy atom. The zero-order valence-corrected chi connectivity index (χ0v) is 9.87. The summed E-state index contributed by atoms with van der Waals surface area (Å²) in [4.78, 5) is 11.8. The van der Waals surface area contributed by atoms with E-state index in [2.05, 4.69) is 5.32 Å². The second-order valence-electron chi connectivity index (χ2n) is 3.91. The molecular weight excluding hydrogens is 235 g/mol. The van der Waals surface area contributed by atoms with Crippen molar-refractivity contribution in [3.63, 3.8) is 0 Å². The van der Waals surface area contributed by atoms with Crippen LogP contribution in [-0.4, -0.2) is 5.91 Å². The van der Waals surface area contributed by atoms with Crippen molar-refractivity contribution in [2.24, 2.45) is 5.73 Å². The Morgan fingerprint density at radius 3 is 2.78 bits per heavy atom. The molecule has 0 aliphatic rings. The maximum atomic E-state index is 13.5. The lowest BCUT2D eigenvalue weighted by atomic mass is 10.2. The molecule has 0 saturated carbocycles. The van der Waals surface area contributed by atoms with Gasteiger partial charge in [-0.1, -0.05) is 6.07 Å². The number of furan rings is 1. The predicted molar refractivity (Wildman–Crippen MR) is 65.7 cm³/mol. The number of carbonyl (C=O) groups excluding carboxylic acids is 1. The zero-order valence-electron chi connectivity index (χ0n) is 9.87. The van der Waals surface area contributed by atoms with E-state index in [9.17, 15) is 9.18 Å². The molecule has 0 spiro atoms. The molecule has 0 bridgehead atoms. The number of rotatable bonds is 3. The summed E-state index contributed by atoms with van der Waals surface area (Å²) in [6, 6.07) is 7.69. The van der Waals surface area contributed by atoms with Gasteiger partial charge in [0.1, 0.15) is 11.6 Å². The molecule has 1 aromatic carbocycles. The molecule has 2 aromatic rings. The highest BCUT2D eigenvalue weighted by atomic mass is 19.1. The third kappa shape index (κ3) is 2.57. The Labute approximate surface area is 104 Å². The molecule has 1 aromatic heterocycles. The van der Waals surface area contributed by atoms with Gasteiger partial charge >= 0.3 is 0 Å². The van der Waals surface area contributed by atoms with Crippen LogP contribution in [0.3, 0.4) is 0 Å². The van der Waals surface area contributed by atoms with Crippen molar-refractivity contribution in [1.29, 1.82) is 0 Å².